The lowest BCUT2D eigenvalue weighted by Crippen LogP contribution is -2.37. The summed E-state index contributed by atoms with van der Waals surface area (Å²) in [7, 11) is 1.62. The smallest absolute Gasteiger partial charge is 0.232 e. The van der Waals surface area contributed by atoms with Gasteiger partial charge in [-0.2, -0.15) is 0 Å². The third-order valence-electron chi connectivity index (χ3n) is 7.00. The van der Waals surface area contributed by atoms with Crippen molar-refractivity contribution in [1.82, 2.24) is 15.0 Å². The third-order valence-corrected chi connectivity index (χ3v) is 8.27. The Labute approximate surface area is 220 Å². The minimum absolute atomic E-state index is 0.0523. The maximum Gasteiger partial charge on any atom is 0.232 e. The Hall–Kier alpha value is -3.77. The fourth-order valence-electron chi connectivity index (χ4n) is 5.18. The molecule has 3 aromatic heterocycles. The minimum Gasteiger partial charge on any atom is -0.482 e. The summed E-state index contributed by atoms with van der Waals surface area (Å²) in [6.45, 7) is 2.40. The van der Waals surface area contributed by atoms with E-state index in [1.807, 2.05) is 0 Å². The molecule has 9 nitrogen and oxygen atoms in total. The second-order valence-corrected chi connectivity index (χ2v) is 11.0. The first-order valence-corrected chi connectivity index (χ1v) is 12.7. The van der Waals surface area contributed by atoms with Gasteiger partial charge < -0.3 is 24.9 Å². The van der Waals surface area contributed by atoms with E-state index in [0.717, 1.165) is 17.9 Å². The van der Waals surface area contributed by atoms with Crippen LogP contribution in [0, 0.1) is 17.6 Å². The van der Waals surface area contributed by atoms with Crippen LogP contribution in [0.5, 0.6) is 5.75 Å². The van der Waals surface area contributed by atoms with Crippen molar-refractivity contribution in [2.45, 2.75) is 30.2 Å². The molecule has 3 atom stereocenters. The zero-order valence-electron chi connectivity index (χ0n) is 20.6. The Morgan fingerprint density at radius 2 is 2.08 bits per heavy atom. The maximum atomic E-state index is 15.2. The number of pyridine rings is 2. The Kier molecular flexibility index (Phi) is 5.95. The van der Waals surface area contributed by atoms with E-state index < -0.39 is 17.2 Å². The van der Waals surface area contributed by atoms with Crippen molar-refractivity contribution in [3.63, 3.8) is 0 Å². The number of hydrogen-bond acceptors (Lipinski definition) is 10. The van der Waals surface area contributed by atoms with E-state index in [0.29, 0.717) is 40.4 Å². The fourth-order valence-corrected chi connectivity index (χ4v) is 6.63. The van der Waals surface area contributed by atoms with Crippen molar-refractivity contribution in [1.29, 1.82) is 0 Å². The molecule has 0 radical (unpaired) electrons. The van der Waals surface area contributed by atoms with Crippen molar-refractivity contribution in [2.24, 2.45) is 16.6 Å². The molecule has 38 heavy (non-hydrogen) atoms. The molecule has 1 saturated carbocycles. The van der Waals surface area contributed by atoms with Crippen LogP contribution < -0.4 is 15.8 Å². The molecule has 0 unspecified atom stereocenters. The largest absolute Gasteiger partial charge is 0.482 e. The van der Waals surface area contributed by atoms with E-state index >= 15 is 4.39 Å². The van der Waals surface area contributed by atoms with Crippen LogP contribution in [0.4, 0.5) is 20.3 Å². The van der Waals surface area contributed by atoms with Crippen LogP contribution in [0.2, 0.25) is 0 Å². The van der Waals surface area contributed by atoms with E-state index in [2.05, 4.69) is 25.3 Å². The number of aromatic nitrogens is 3. The molecule has 0 amide bonds. The molecular formula is C26H24F2N6O3S. The van der Waals surface area contributed by atoms with Crippen LogP contribution >= 0.6 is 11.8 Å². The molecule has 1 fully saturated rings. The normalized spacial score (nSPS) is 24.1. The summed E-state index contributed by atoms with van der Waals surface area (Å²) in [5.74, 6) is -0.651. The lowest BCUT2D eigenvalue weighted by atomic mass is 9.85. The molecule has 3 N–H and O–H groups in total. The van der Waals surface area contributed by atoms with Crippen LogP contribution in [0.3, 0.4) is 0 Å². The van der Waals surface area contributed by atoms with Crippen molar-refractivity contribution in [2.75, 3.05) is 19.0 Å². The summed E-state index contributed by atoms with van der Waals surface area (Å²) in [6, 6.07) is 6.24. The van der Waals surface area contributed by atoms with Crippen LogP contribution in [0.1, 0.15) is 24.8 Å². The number of halogens is 2. The molecule has 0 saturated heterocycles. The first kappa shape index (κ1) is 24.6. The number of oxazole rings is 1. The summed E-state index contributed by atoms with van der Waals surface area (Å²) in [6.07, 6.45) is 6.90. The van der Waals surface area contributed by atoms with Gasteiger partial charge in [-0.25, -0.2) is 23.7 Å². The average molecular weight is 539 g/mol. The predicted molar refractivity (Wildman–Crippen MR) is 139 cm³/mol. The summed E-state index contributed by atoms with van der Waals surface area (Å²) in [4.78, 5) is 17.5. The monoisotopic (exact) mass is 538 g/mol. The second-order valence-electron chi connectivity index (χ2n) is 9.52. The quantitative estimate of drug-likeness (QED) is 0.323. The van der Waals surface area contributed by atoms with Crippen LogP contribution in [0.25, 0.3) is 10.9 Å². The summed E-state index contributed by atoms with van der Waals surface area (Å²) in [5.41, 5.74) is 6.07. The van der Waals surface area contributed by atoms with E-state index in [9.17, 15) is 4.39 Å². The van der Waals surface area contributed by atoms with Gasteiger partial charge in [-0.1, -0.05) is 11.8 Å². The Morgan fingerprint density at radius 3 is 2.87 bits per heavy atom. The van der Waals surface area contributed by atoms with Crippen LogP contribution in [-0.4, -0.2) is 38.6 Å². The summed E-state index contributed by atoms with van der Waals surface area (Å²) in [5, 5.41) is 4.18. The number of amidine groups is 1. The van der Waals surface area contributed by atoms with Crippen molar-refractivity contribution in [3.05, 3.63) is 72.2 Å². The molecule has 0 bridgehead atoms. The number of anilines is 2. The highest BCUT2D eigenvalue weighted by Gasteiger charge is 2.66. The van der Waals surface area contributed by atoms with E-state index in [1.165, 1.54) is 18.0 Å². The minimum atomic E-state index is -1.05. The SMILES string of the molecule is COC[C@]12C[C@H]1[C@](C)(c1cc(Nc3nccc4cc(OCc5ncco5)cnc34)cc(F)c1F)N=C(N)S2. The number of hydrogen-bond donors (Lipinski definition) is 2. The van der Waals surface area contributed by atoms with Gasteiger partial charge in [-0.05, 0) is 31.5 Å². The topological polar surface area (TPSA) is 121 Å². The van der Waals surface area contributed by atoms with Gasteiger partial charge in [0.05, 0.1) is 29.3 Å². The van der Waals surface area contributed by atoms with Crippen molar-refractivity contribution < 1.29 is 22.7 Å². The summed E-state index contributed by atoms with van der Waals surface area (Å²) >= 11 is 1.44. The molecular weight excluding hydrogens is 514 g/mol. The van der Waals surface area contributed by atoms with Gasteiger partial charge in [-0.15, -0.1) is 0 Å². The molecule has 6 rings (SSSR count). The van der Waals surface area contributed by atoms with Crippen molar-refractivity contribution >= 4 is 39.3 Å². The summed E-state index contributed by atoms with van der Waals surface area (Å²) < 4.78 is 46.2. The molecule has 0 spiro atoms. The first-order valence-electron chi connectivity index (χ1n) is 11.9. The highest BCUT2D eigenvalue weighted by molar-refractivity contribution is 8.15. The molecule has 12 heteroatoms. The van der Waals surface area contributed by atoms with E-state index in [-0.39, 0.29) is 22.8 Å². The van der Waals surface area contributed by atoms with Gasteiger partial charge in [0, 0.05) is 41.9 Å². The zero-order chi connectivity index (χ0) is 26.5. The standard InChI is InChI=1S/C26H24F2N6O3S/c1-25(19-10-26(19,13-35-2)38-24(29)34-25)17-8-15(9-18(27)21(17)28)33-23-22-14(3-4-31-23)7-16(11-32-22)37-12-20-30-5-6-36-20/h3-9,11,19H,10,12-13H2,1-2H3,(H2,29,34)(H,31,33)/t19-,25-,26+/m0/s1. The van der Waals surface area contributed by atoms with Crippen LogP contribution in [-0.2, 0) is 16.9 Å². The number of nitrogens with two attached hydrogens (primary N) is 1. The van der Waals surface area contributed by atoms with Crippen molar-refractivity contribution in [3.8, 4) is 5.75 Å². The number of benzene rings is 1. The molecule has 4 aromatic rings. The molecule has 1 aliphatic heterocycles. The van der Waals surface area contributed by atoms with Gasteiger partial charge in [0.15, 0.2) is 29.2 Å². The number of rotatable bonds is 8. The number of nitrogens with one attached hydrogen (secondary N) is 1. The Morgan fingerprint density at radius 1 is 1.21 bits per heavy atom. The number of aliphatic imine (C=N–C) groups is 1. The fraction of sp³-hybridized carbons (Fsp3) is 0.308. The maximum absolute atomic E-state index is 15.2. The Bertz CT molecular complexity index is 1550. The van der Waals surface area contributed by atoms with E-state index in [4.69, 9.17) is 19.6 Å². The van der Waals surface area contributed by atoms with Gasteiger partial charge in [0.2, 0.25) is 5.89 Å². The predicted octanol–water partition coefficient (Wildman–Crippen LogP) is 4.90. The molecule has 196 valence electrons. The highest BCUT2D eigenvalue weighted by atomic mass is 32.2. The number of ether oxygens (including phenoxy) is 2. The van der Waals surface area contributed by atoms with E-state index in [1.54, 1.807) is 50.8 Å². The zero-order valence-corrected chi connectivity index (χ0v) is 21.4. The van der Waals surface area contributed by atoms with Crippen LogP contribution in [0.15, 0.2) is 58.5 Å². The molecule has 2 aliphatic rings. The molecule has 4 heterocycles. The lowest BCUT2D eigenvalue weighted by Gasteiger charge is -2.34. The third kappa shape index (κ3) is 4.23. The van der Waals surface area contributed by atoms with Gasteiger partial charge in [-0.3, -0.25) is 4.99 Å². The molecule has 1 aliphatic carbocycles. The first-order chi connectivity index (χ1) is 18.3. The van der Waals surface area contributed by atoms with Gasteiger partial charge in [0.1, 0.15) is 17.5 Å². The Balaban J connectivity index is 1.31. The average Bonchev–Trinajstić information content (AvgIpc) is 3.36. The number of fused-ring (bicyclic) bond motifs is 2. The highest BCUT2D eigenvalue weighted by Crippen LogP contribution is 2.66. The van der Waals surface area contributed by atoms with Gasteiger partial charge in [0.25, 0.3) is 0 Å². The molecule has 1 aromatic carbocycles. The number of nitrogens with zero attached hydrogens (tertiary/aromatic N) is 4. The number of thioether (sulfide) groups is 1. The lowest BCUT2D eigenvalue weighted by molar-refractivity contribution is 0.184. The second kappa shape index (κ2) is 9.21. The van der Waals surface area contributed by atoms with Gasteiger partial charge >= 0.3 is 0 Å². The number of methoxy groups -OCH3 is 1.